The Morgan fingerprint density at radius 2 is 0.531 bits per heavy atom. The average Bonchev–Trinajstić information content (AvgIpc) is 3.04. The van der Waals surface area contributed by atoms with Crippen LogP contribution in [0.4, 0.5) is 0 Å². The lowest BCUT2D eigenvalue weighted by molar-refractivity contribution is -0.870. The second-order valence-electron chi connectivity index (χ2n) is 17.5. The van der Waals surface area contributed by atoms with E-state index >= 15 is 0 Å². The smallest absolute Gasteiger partial charge is 0.102 e. The first-order valence-electron chi connectivity index (χ1n) is 21.5. The van der Waals surface area contributed by atoms with E-state index in [-0.39, 0.29) is 5.41 Å². The van der Waals surface area contributed by atoms with Gasteiger partial charge in [-0.05, 0) is 12.8 Å². The number of nitrogens with zero attached hydrogens (tertiary/aromatic N) is 2. The molecule has 0 unspecified atom stereocenters. The summed E-state index contributed by atoms with van der Waals surface area (Å²) in [5.41, 5.74) is -0.274. The first-order chi connectivity index (χ1) is 23.5. The highest BCUT2D eigenvalue weighted by molar-refractivity contribution is 4.79. The molecule has 6 nitrogen and oxygen atoms in total. The highest BCUT2D eigenvalue weighted by atomic mass is 16.5. The molecule has 0 heterocycles. The van der Waals surface area contributed by atoms with Gasteiger partial charge >= 0.3 is 0 Å². The quantitative estimate of drug-likeness (QED) is 0.0471. The van der Waals surface area contributed by atoms with Crippen molar-refractivity contribution in [2.75, 3.05) is 108 Å². The zero-order chi connectivity index (χ0) is 36.4. The summed E-state index contributed by atoms with van der Waals surface area (Å²) in [6.45, 7) is 12.2. The zero-order valence-electron chi connectivity index (χ0n) is 35.1. The number of unbranched alkanes of at least 4 members (excludes halogenated alkanes) is 22. The molecule has 0 bridgehead atoms. The predicted octanol–water partition coefficient (Wildman–Crippen LogP) is 10.9. The fourth-order valence-corrected chi connectivity index (χ4v) is 6.17. The van der Waals surface area contributed by atoms with Crippen LogP contribution in [0.2, 0.25) is 0 Å². The van der Waals surface area contributed by atoms with Crippen LogP contribution in [0.5, 0.6) is 0 Å². The van der Waals surface area contributed by atoms with Crippen LogP contribution < -0.4 is 0 Å². The fourth-order valence-electron chi connectivity index (χ4n) is 6.17. The minimum atomic E-state index is -0.274. The molecular formula is C43H92N2O4+2. The fraction of sp³-hybridized carbons (Fsp3) is 1.00. The van der Waals surface area contributed by atoms with Crippen LogP contribution in [-0.4, -0.2) is 117 Å². The van der Waals surface area contributed by atoms with Crippen molar-refractivity contribution < 1.29 is 27.9 Å². The lowest BCUT2D eigenvalue weighted by Gasteiger charge is -2.34. The topological polar surface area (TPSA) is 36.9 Å². The SMILES string of the molecule is CCCCCCCCCCCCCCOCC(COCCCCCCCCCCCCCC)(COCC[N+](C)(C)C)COCC[N+](C)(C)C. The van der Waals surface area contributed by atoms with Gasteiger partial charge in [0.25, 0.3) is 0 Å². The summed E-state index contributed by atoms with van der Waals surface area (Å²) in [4.78, 5) is 0. The van der Waals surface area contributed by atoms with Crippen molar-refractivity contribution in [3.05, 3.63) is 0 Å². The van der Waals surface area contributed by atoms with Crippen LogP contribution in [0.3, 0.4) is 0 Å². The molecular weight excluding hydrogens is 608 g/mol. The normalized spacial score (nSPS) is 12.7. The van der Waals surface area contributed by atoms with Crippen LogP contribution in [0, 0.1) is 5.41 Å². The third kappa shape index (κ3) is 37.3. The van der Waals surface area contributed by atoms with Crippen molar-refractivity contribution in [1.82, 2.24) is 0 Å². The molecule has 0 amide bonds. The zero-order valence-corrected chi connectivity index (χ0v) is 35.1. The molecule has 0 aromatic heterocycles. The molecule has 0 rings (SSSR count). The summed E-state index contributed by atoms with van der Waals surface area (Å²) in [5.74, 6) is 0. The largest absolute Gasteiger partial charge is 0.381 e. The van der Waals surface area contributed by atoms with E-state index in [0.29, 0.717) is 26.4 Å². The van der Waals surface area contributed by atoms with E-state index in [9.17, 15) is 0 Å². The number of hydrogen-bond donors (Lipinski definition) is 0. The van der Waals surface area contributed by atoms with Gasteiger partial charge in [0, 0.05) is 13.2 Å². The summed E-state index contributed by atoms with van der Waals surface area (Å²) in [5, 5.41) is 0. The molecule has 0 aromatic rings. The maximum Gasteiger partial charge on any atom is 0.102 e. The molecule has 296 valence electrons. The van der Waals surface area contributed by atoms with Gasteiger partial charge in [-0.1, -0.05) is 155 Å². The molecule has 0 aromatic carbocycles. The summed E-state index contributed by atoms with van der Waals surface area (Å²) >= 11 is 0. The Kier molecular flexibility index (Phi) is 33.4. The number of hydrogen-bond acceptors (Lipinski definition) is 4. The minimum absolute atomic E-state index is 0.274. The minimum Gasteiger partial charge on any atom is -0.381 e. The van der Waals surface area contributed by atoms with Gasteiger partial charge in [0.05, 0.1) is 87.3 Å². The van der Waals surface area contributed by atoms with Crippen molar-refractivity contribution in [3.8, 4) is 0 Å². The molecule has 0 saturated carbocycles. The van der Waals surface area contributed by atoms with E-state index < -0.39 is 0 Å². The number of ether oxygens (including phenoxy) is 4. The highest BCUT2D eigenvalue weighted by Crippen LogP contribution is 2.22. The maximum absolute atomic E-state index is 6.41. The molecule has 0 radical (unpaired) electrons. The summed E-state index contributed by atoms with van der Waals surface area (Å²) in [7, 11) is 13.3. The van der Waals surface area contributed by atoms with E-state index in [1.165, 1.54) is 141 Å². The van der Waals surface area contributed by atoms with Gasteiger partial charge in [-0.2, -0.15) is 0 Å². The molecule has 0 N–H and O–H groups in total. The second kappa shape index (κ2) is 33.6. The van der Waals surface area contributed by atoms with Gasteiger partial charge in [-0.25, -0.2) is 0 Å². The van der Waals surface area contributed by atoms with Gasteiger partial charge in [-0.3, -0.25) is 0 Å². The molecule has 0 fully saturated rings. The highest BCUT2D eigenvalue weighted by Gasteiger charge is 2.33. The van der Waals surface area contributed by atoms with Gasteiger partial charge in [0.1, 0.15) is 13.1 Å². The molecule has 49 heavy (non-hydrogen) atoms. The first kappa shape index (κ1) is 48.8. The molecule has 0 saturated heterocycles. The van der Waals surface area contributed by atoms with Crippen molar-refractivity contribution >= 4 is 0 Å². The summed E-state index contributed by atoms with van der Waals surface area (Å²) < 4.78 is 27.3. The standard InChI is InChI=1S/C43H92N2O4/c1-9-11-13-15-17-19-21-23-25-27-29-31-35-46-39-43(41-48-37-33-44(3,4)5,42-49-38-34-45(6,7)8)40-47-36-32-30-28-26-24-22-20-18-16-14-12-10-2/h9-42H2,1-8H3/q+2. The van der Waals surface area contributed by atoms with E-state index in [1.807, 2.05) is 0 Å². The van der Waals surface area contributed by atoms with E-state index in [4.69, 9.17) is 18.9 Å². The Balaban J connectivity index is 4.67. The molecule has 0 aliphatic heterocycles. The van der Waals surface area contributed by atoms with Gasteiger partial charge < -0.3 is 27.9 Å². The second-order valence-corrected chi connectivity index (χ2v) is 17.5. The Morgan fingerprint density at radius 1 is 0.306 bits per heavy atom. The van der Waals surface area contributed by atoms with Crippen LogP contribution >= 0.6 is 0 Å². The number of quaternary nitrogens is 2. The first-order valence-corrected chi connectivity index (χ1v) is 21.5. The summed E-state index contributed by atoms with van der Waals surface area (Å²) in [6, 6.07) is 0. The van der Waals surface area contributed by atoms with E-state index in [0.717, 1.165) is 61.3 Å². The van der Waals surface area contributed by atoms with Crippen LogP contribution in [0.25, 0.3) is 0 Å². The van der Waals surface area contributed by atoms with Crippen LogP contribution in [0.15, 0.2) is 0 Å². The number of likely N-dealkylation sites (N-methyl/N-ethyl adjacent to an activating group) is 2. The third-order valence-electron chi connectivity index (χ3n) is 9.73. The van der Waals surface area contributed by atoms with Gasteiger partial charge in [0.2, 0.25) is 0 Å². The predicted molar refractivity (Wildman–Crippen MR) is 214 cm³/mol. The van der Waals surface area contributed by atoms with E-state index in [1.54, 1.807) is 0 Å². The van der Waals surface area contributed by atoms with Gasteiger partial charge in [-0.15, -0.1) is 0 Å². The van der Waals surface area contributed by atoms with Gasteiger partial charge in [0.15, 0.2) is 0 Å². The lowest BCUT2D eigenvalue weighted by Crippen LogP contribution is -2.44. The van der Waals surface area contributed by atoms with Crippen molar-refractivity contribution in [1.29, 1.82) is 0 Å². The monoisotopic (exact) mass is 701 g/mol. The molecule has 0 spiro atoms. The maximum atomic E-state index is 6.41. The molecule has 0 atom stereocenters. The van der Waals surface area contributed by atoms with Crippen LogP contribution in [0.1, 0.15) is 168 Å². The Hall–Kier alpha value is -0.240. The summed E-state index contributed by atoms with van der Waals surface area (Å²) in [6.07, 6.45) is 32.7. The molecule has 0 aliphatic carbocycles. The Morgan fingerprint density at radius 3 is 0.776 bits per heavy atom. The van der Waals surface area contributed by atoms with E-state index in [2.05, 4.69) is 56.1 Å². The molecule has 6 heteroatoms. The van der Waals surface area contributed by atoms with Crippen molar-refractivity contribution in [2.45, 2.75) is 168 Å². The van der Waals surface area contributed by atoms with Crippen molar-refractivity contribution in [3.63, 3.8) is 0 Å². The third-order valence-corrected chi connectivity index (χ3v) is 9.73. The van der Waals surface area contributed by atoms with Crippen LogP contribution in [-0.2, 0) is 18.9 Å². The molecule has 0 aliphatic rings. The van der Waals surface area contributed by atoms with Crippen molar-refractivity contribution in [2.24, 2.45) is 5.41 Å². The Bertz CT molecular complexity index is 605. The Labute approximate surface area is 308 Å². The lowest BCUT2D eigenvalue weighted by atomic mass is 9.92. The average molecular weight is 701 g/mol. The number of rotatable bonds is 40.